The van der Waals surface area contributed by atoms with Crippen molar-refractivity contribution in [3.05, 3.63) is 16.0 Å². The second-order valence-corrected chi connectivity index (χ2v) is 5.44. The summed E-state index contributed by atoms with van der Waals surface area (Å²) in [6, 6.07) is 1.14. The summed E-state index contributed by atoms with van der Waals surface area (Å²) < 4.78 is 21.8. The fourth-order valence-corrected chi connectivity index (χ4v) is 2.17. The number of nitrogens with zero attached hydrogens (tertiary/aromatic N) is 1. The number of pyridine rings is 1. The third-order valence-corrected chi connectivity index (χ3v) is 3.25. The van der Waals surface area contributed by atoms with Crippen LogP contribution in [0.5, 0.6) is 5.75 Å². The summed E-state index contributed by atoms with van der Waals surface area (Å²) in [6.45, 7) is 0. The molecule has 0 radical (unpaired) electrons. The van der Waals surface area contributed by atoms with E-state index >= 15 is 0 Å². The Morgan fingerprint density at radius 2 is 2.17 bits per heavy atom. The van der Waals surface area contributed by atoms with E-state index in [9.17, 15) is 13.5 Å². The van der Waals surface area contributed by atoms with Gasteiger partial charge in [0.1, 0.15) is 8.60 Å². The maximum atomic E-state index is 10.8. The molecule has 0 aliphatic rings. The van der Waals surface area contributed by atoms with E-state index < -0.39 is 14.8 Å². The normalized spacial score (nSPS) is 11.5. The molecule has 1 N–H and O–H groups in total. The van der Waals surface area contributed by atoms with Crippen molar-refractivity contribution in [1.82, 2.24) is 4.98 Å². The summed E-state index contributed by atoms with van der Waals surface area (Å²) in [6.07, 6.45) is 1.26. The minimum Gasteiger partial charge on any atom is -0.504 e. The maximum Gasteiger partial charge on any atom is 0.265 e. The number of hydrogen-bond donors (Lipinski definition) is 1. The van der Waals surface area contributed by atoms with Crippen molar-refractivity contribution in [3.63, 3.8) is 0 Å². The molecule has 1 aromatic heterocycles. The Labute approximate surface area is 87.1 Å². The molecule has 1 rings (SSSR count). The van der Waals surface area contributed by atoms with Crippen LogP contribution in [-0.2, 0) is 9.05 Å². The van der Waals surface area contributed by atoms with Gasteiger partial charge in [-0.05, 0) is 28.7 Å². The molecule has 0 bridgehead atoms. The molecule has 0 unspecified atom stereocenters. The zero-order valence-electron chi connectivity index (χ0n) is 5.53. The molecular weight excluding hydrogens is 316 g/mol. The van der Waals surface area contributed by atoms with Crippen LogP contribution in [0, 0.1) is 3.70 Å². The molecule has 0 saturated heterocycles. The zero-order chi connectivity index (χ0) is 9.35. The lowest BCUT2D eigenvalue weighted by molar-refractivity contribution is 0.452. The van der Waals surface area contributed by atoms with E-state index in [4.69, 9.17) is 10.7 Å². The largest absolute Gasteiger partial charge is 0.504 e. The van der Waals surface area contributed by atoms with Crippen LogP contribution in [0.25, 0.3) is 0 Å². The van der Waals surface area contributed by atoms with Gasteiger partial charge in [-0.3, -0.25) is 0 Å². The number of halogens is 2. The molecule has 0 fully saturated rings. The van der Waals surface area contributed by atoms with Crippen LogP contribution >= 0.6 is 33.3 Å². The Balaban J connectivity index is 3.47. The first-order valence-electron chi connectivity index (χ1n) is 2.71. The van der Waals surface area contributed by atoms with Crippen LogP contribution in [0.4, 0.5) is 0 Å². The van der Waals surface area contributed by atoms with Gasteiger partial charge in [-0.15, -0.1) is 0 Å². The lowest BCUT2D eigenvalue weighted by Gasteiger charge is -1.99. The van der Waals surface area contributed by atoms with Crippen molar-refractivity contribution in [2.75, 3.05) is 0 Å². The van der Waals surface area contributed by atoms with Gasteiger partial charge in [0.05, 0.1) is 0 Å². The summed E-state index contributed by atoms with van der Waals surface area (Å²) in [5, 5.41) is 9.20. The number of aromatic nitrogens is 1. The van der Waals surface area contributed by atoms with Gasteiger partial charge in [-0.1, -0.05) is 0 Å². The highest BCUT2D eigenvalue weighted by Gasteiger charge is 2.17. The minimum atomic E-state index is -3.88. The quantitative estimate of drug-likeness (QED) is 0.481. The van der Waals surface area contributed by atoms with Crippen LogP contribution in [-0.4, -0.2) is 18.5 Å². The van der Waals surface area contributed by atoms with Crippen molar-refractivity contribution in [3.8, 4) is 5.75 Å². The molecule has 0 saturated carbocycles. The van der Waals surface area contributed by atoms with Crippen molar-refractivity contribution >= 4 is 42.3 Å². The smallest absolute Gasteiger partial charge is 0.265 e. The zero-order valence-corrected chi connectivity index (χ0v) is 9.26. The highest BCUT2D eigenvalue weighted by molar-refractivity contribution is 14.1. The Morgan fingerprint density at radius 3 is 2.58 bits per heavy atom. The molecule has 4 nitrogen and oxygen atoms in total. The summed E-state index contributed by atoms with van der Waals surface area (Å²) in [4.78, 5) is 3.35. The van der Waals surface area contributed by atoms with E-state index in [-0.39, 0.29) is 8.60 Å². The average molecular weight is 320 g/mol. The Bertz CT molecular complexity index is 405. The van der Waals surface area contributed by atoms with Crippen LogP contribution in [0.1, 0.15) is 0 Å². The lowest BCUT2D eigenvalue weighted by Crippen LogP contribution is -1.93. The second kappa shape index (κ2) is 3.35. The van der Waals surface area contributed by atoms with E-state index in [1.54, 1.807) is 22.6 Å². The molecule has 7 heteroatoms. The average Bonchev–Trinajstić information content (AvgIpc) is 1.92. The molecule has 12 heavy (non-hydrogen) atoms. The van der Waals surface area contributed by atoms with Crippen LogP contribution in [0.2, 0.25) is 0 Å². The van der Waals surface area contributed by atoms with E-state index in [2.05, 4.69) is 4.98 Å². The molecule has 0 aromatic carbocycles. The van der Waals surface area contributed by atoms with Crippen LogP contribution in [0.15, 0.2) is 17.2 Å². The van der Waals surface area contributed by atoms with Gasteiger partial charge in [0, 0.05) is 16.9 Å². The summed E-state index contributed by atoms with van der Waals surface area (Å²) in [5.41, 5.74) is 0. The first-order chi connectivity index (χ1) is 5.43. The van der Waals surface area contributed by atoms with Gasteiger partial charge in [-0.2, -0.15) is 0 Å². The molecule has 0 aliphatic heterocycles. The fourth-order valence-electron chi connectivity index (χ4n) is 0.609. The SMILES string of the molecule is O=S(=O)(Cl)c1ccnc(I)c1O. The standard InChI is InChI=1S/C5H3ClINO3S/c6-12(10,11)3-1-2-8-5(7)4(3)9/h1-2,9H. The Kier molecular flexibility index (Phi) is 2.79. The molecule has 1 aromatic rings. The highest BCUT2D eigenvalue weighted by atomic mass is 127. The molecule has 0 spiro atoms. The van der Waals surface area contributed by atoms with Gasteiger partial charge >= 0.3 is 0 Å². The molecule has 0 aliphatic carbocycles. The third kappa shape index (κ3) is 1.99. The highest BCUT2D eigenvalue weighted by Crippen LogP contribution is 2.28. The van der Waals surface area contributed by atoms with Gasteiger partial charge in [-0.25, -0.2) is 13.4 Å². The van der Waals surface area contributed by atoms with E-state index in [1.807, 2.05) is 0 Å². The minimum absolute atomic E-state index is 0.203. The van der Waals surface area contributed by atoms with Gasteiger partial charge in [0.2, 0.25) is 0 Å². The molecular formula is C5H3ClINO3S. The van der Waals surface area contributed by atoms with Crippen molar-refractivity contribution in [2.24, 2.45) is 0 Å². The Morgan fingerprint density at radius 1 is 1.58 bits per heavy atom. The fraction of sp³-hybridized carbons (Fsp3) is 0. The topological polar surface area (TPSA) is 67.3 Å². The van der Waals surface area contributed by atoms with Crippen molar-refractivity contribution in [1.29, 1.82) is 0 Å². The summed E-state index contributed by atoms with van der Waals surface area (Å²) in [7, 11) is 1.14. The van der Waals surface area contributed by atoms with Gasteiger partial charge in [0.25, 0.3) is 9.05 Å². The predicted molar refractivity (Wildman–Crippen MR) is 51.7 cm³/mol. The molecule has 0 atom stereocenters. The molecule has 1 heterocycles. The van der Waals surface area contributed by atoms with E-state index in [0.717, 1.165) is 6.07 Å². The van der Waals surface area contributed by atoms with Crippen LogP contribution in [0.3, 0.4) is 0 Å². The first-order valence-corrected chi connectivity index (χ1v) is 6.10. The Hall–Kier alpha value is -0.0800. The third-order valence-electron chi connectivity index (χ3n) is 1.11. The lowest BCUT2D eigenvalue weighted by atomic mass is 10.5. The van der Waals surface area contributed by atoms with Crippen molar-refractivity contribution in [2.45, 2.75) is 4.90 Å². The monoisotopic (exact) mass is 319 g/mol. The number of hydrogen-bond acceptors (Lipinski definition) is 4. The van der Waals surface area contributed by atoms with Gasteiger partial charge in [0.15, 0.2) is 5.75 Å². The maximum absolute atomic E-state index is 10.8. The first kappa shape index (κ1) is 10.0. The van der Waals surface area contributed by atoms with E-state index in [1.165, 1.54) is 6.20 Å². The summed E-state index contributed by atoms with van der Waals surface area (Å²) >= 11 is 1.71. The van der Waals surface area contributed by atoms with Crippen molar-refractivity contribution < 1.29 is 13.5 Å². The number of aromatic hydroxyl groups is 1. The summed E-state index contributed by atoms with van der Waals surface area (Å²) in [5.74, 6) is -0.409. The molecule has 66 valence electrons. The van der Waals surface area contributed by atoms with E-state index in [0.29, 0.717) is 0 Å². The molecule has 0 amide bonds. The predicted octanol–water partition coefficient (Wildman–Crippen LogP) is 1.32. The second-order valence-electron chi connectivity index (χ2n) is 1.89. The van der Waals surface area contributed by atoms with Crippen LogP contribution < -0.4 is 0 Å². The van der Waals surface area contributed by atoms with Gasteiger partial charge < -0.3 is 5.11 Å². The number of rotatable bonds is 1.